The molecule has 0 bridgehead atoms. The number of urea groups is 1. The Morgan fingerprint density at radius 3 is 2.81 bits per heavy atom. The second kappa shape index (κ2) is 8.37. The number of likely N-dealkylation sites (tertiary alicyclic amines) is 1. The van der Waals surface area contributed by atoms with Crippen LogP contribution in [0, 0.1) is 0 Å². The van der Waals surface area contributed by atoms with Crippen molar-refractivity contribution in [3.63, 3.8) is 0 Å². The number of aliphatic imine (C=N–C) groups is 1. The Morgan fingerprint density at radius 1 is 1.52 bits per heavy atom. The fourth-order valence-corrected chi connectivity index (χ4v) is 2.30. The maximum absolute atomic E-state index is 11.4. The van der Waals surface area contributed by atoms with Crippen LogP contribution in [0.3, 0.4) is 0 Å². The van der Waals surface area contributed by atoms with E-state index >= 15 is 0 Å². The zero-order chi connectivity index (χ0) is 14.5. The summed E-state index contributed by atoms with van der Waals surface area (Å²) in [5, 5.41) is 15.2. The molecular formula is C12H22IN5O3. The van der Waals surface area contributed by atoms with Crippen LogP contribution in [0.1, 0.15) is 13.3 Å². The number of hydrogen-bond acceptors (Lipinski definition) is 4. The van der Waals surface area contributed by atoms with Crippen LogP contribution >= 0.6 is 24.0 Å². The van der Waals surface area contributed by atoms with E-state index in [1.54, 1.807) is 0 Å². The summed E-state index contributed by atoms with van der Waals surface area (Å²) >= 11 is 0. The topological polar surface area (TPSA) is 97.3 Å². The van der Waals surface area contributed by atoms with E-state index in [1.807, 2.05) is 11.8 Å². The number of rotatable bonds is 4. The van der Waals surface area contributed by atoms with Crippen molar-refractivity contribution in [2.24, 2.45) is 4.99 Å². The molecule has 0 spiro atoms. The van der Waals surface area contributed by atoms with Crippen molar-refractivity contribution in [2.75, 3.05) is 39.3 Å². The molecule has 0 aliphatic carbocycles. The zero-order valence-corrected chi connectivity index (χ0v) is 14.4. The molecule has 0 radical (unpaired) electrons. The molecule has 2 rings (SSSR count). The SMILES string of the molecule is CCNC(=NCCN1C(=O)CNC1=O)N1CC[C@@H](O)C1.I. The fraction of sp³-hybridized carbons (Fsp3) is 0.750. The summed E-state index contributed by atoms with van der Waals surface area (Å²) in [5.41, 5.74) is 0. The maximum Gasteiger partial charge on any atom is 0.324 e. The molecule has 0 aromatic rings. The highest BCUT2D eigenvalue weighted by atomic mass is 127. The summed E-state index contributed by atoms with van der Waals surface area (Å²) in [6, 6.07) is -0.355. The third-order valence-electron chi connectivity index (χ3n) is 3.32. The predicted octanol–water partition coefficient (Wildman–Crippen LogP) is -0.812. The van der Waals surface area contributed by atoms with Gasteiger partial charge in [-0.15, -0.1) is 24.0 Å². The number of β-amino-alcohol motifs (C(OH)–C–C–N with tert-alkyl or cyclic N) is 1. The van der Waals surface area contributed by atoms with E-state index in [-0.39, 0.29) is 55.1 Å². The van der Waals surface area contributed by atoms with Crippen molar-refractivity contribution in [2.45, 2.75) is 19.4 Å². The van der Waals surface area contributed by atoms with Gasteiger partial charge in [-0.2, -0.15) is 0 Å². The minimum atomic E-state index is -0.355. The zero-order valence-electron chi connectivity index (χ0n) is 12.0. The van der Waals surface area contributed by atoms with Crippen LogP contribution in [-0.2, 0) is 4.79 Å². The largest absolute Gasteiger partial charge is 0.391 e. The first-order valence-corrected chi connectivity index (χ1v) is 6.91. The van der Waals surface area contributed by atoms with E-state index in [0.29, 0.717) is 13.1 Å². The third-order valence-corrected chi connectivity index (χ3v) is 3.32. The Bertz CT molecular complexity index is 402. The summed E-state index contributed by atoms with van der Waals surface area (Å²) in [7, 11) is 0. The molecule has 2 aliphatic heterocycles. The quantitative estimate of drug-likeness (QED) is 0.243. The first kappa shape index (κ1) is 18.0. The van der Waals surface area contributed by atoms with Crippen LogP contribution in [0.2, 0.25) is 0 Å². The van der Waals surface area contributed by atoms with Gasteiger partial charge in [0, 0.05) is 19.6 Å². The van der Waals surface area contributed by atoms with Crippen LogP contribution < -0.4 is 10.6 Å². The van der Waals surface area contributed by atoms with Gasteiger partial charge < -0.3 is 20.6 Å². The Labute approximate surface area is 141 Å². The predicted molar refractivity (Wildman–Crippen MR) is 88.7 cm³/mol. The lowest BCUT2D eigenvalue weighted by Crippen LogP contribution is -2.41. The first-order chi connectivity index (χ1) is 9.61. The lowest BCUT2D eigenvalue weighted by molar-refractivity contribution is -0.124. The molecule has 0 saturated carbocycles. The van der Waals surface area contributed by atoms with Gasteiger partial charge in [-0.3, -0.25) is 14.7 Å². The van der Waals surface area contributed by atoms with Gasteiger partial charge in [-0.25, -0.2) is 4.79 Å². The van der Waals surface area contributed by atoms with Gasteiger partial charge in [0.2, 0.25) is 5.91 Å². The second-order valence-corrected chi connectivity index (χ2v) is 4.83. The number of aliphatic hydroxyl groups excluding tert-OH is 1. The van der Waals surface area contributed by atoms with Gasteiger partial charge in [0.1, 0.15) is 0 Å². The molecule has 2 aliphatic rings. The van der Waals surface area contributed by atoms with Gasteiger partial charge in [-0.1, -0.05) is 0 Å². The molecule has 1 atom stereocenters. The number of carbonyl (C=O) groups excluding carboxylic acids is 2. The van der Waals surface area contributed by atoms with Crippen LogP contribution in [0.4, 0.5) is 4.79 Å². The molecule has 120 valence electrons. The van der Waals surface area contributed by atoms with Crippen molar-refractivity contribution in [3.8, 4) is 0 Å². The molecule has 2 fully saturated rings. The second-order valence-electron chi connectivity index (χ2n) is 4.83. The maximum atomic E-state index is 11.4. The highest BCUT2D eigenvalue weighted by Gasteiger charge is 2.28. The third kappa shape index (κ3) is 4.70. The minimum absolute atomic E-state index is 0. The molecule has 0 aromatic heterocycles. The number of nitrogens with one attached hydrogen (secondary N) is 2. The Morgan fingerprint density at radius 2 is 2.29 bits per heavy atom. The van der Waals surface area contributed by atoms with Crippen molar-refractivity contribution < 1.29 is 14.7 Å². The Hall–Kier alpha value is -1.10. The van der Waals surface area contributed by atoms with Gasteiger partial charge >= 0.3 is 6.03 Å². The molecule has 0 aromatic carbocycles. The first-order valence-electron chi connectivity index (χ1n) is 6.91. The smallest absolute Gasteiger partial charge is 0.324 e. The number of nitrogens with zero attached hydrogens (tertiary/aromatic N) is 3. The molecule has 3 amide bonds. The summed E-state index contributed by atoms with van der Waals surface area (Å²) in [5.74, 6) is 0.503. The van der Waals surface area contributed by atoms with Gasteiger partial charge in [0.25, 0.3) is 0 Å². The van der Waals surface area contributed by atoms with E-state index in [9.17, 15) is 14.7 Å². The summed E-state index contributed by atoms with van der Waals surface area (Å²) < 4.78 is 0. The normalized spacial score (nSPS) is 22.4. The van der Waals surface area contributed by atoms with Crippen molar-refractivity contribution >= 4 is 41.9 Å². The Kier molecular flexibility index (Phi) is 7.15. The highest BCUT2D eigenvalue weighted by molar-refractivity contribution is 14.0. The Balaban J connectivity index is 0.00000220. The molecular weight excluding hydrogens is 389 g/mol. The van der Waals surface area contributed by atoms with Crippen LogP contribution in [-0.4, -0.2) is 78.2 Å². The fourth-order valence-electron chi connectivity index (χ4n) is 2.30. The summed E-state index contributed by atoms with van der Waals surface area (Å²) in [4.78, 5) is 30.4. The number of imide groups is 1. The number of guanidine groups is 1. The van der Waals surface area contributed by atoms with Crippen molar-refractivity contribution in [1.29, 1.82) is 0 Å². The lowest BCUT2D eigenvalue weighted by Gasteiger charge is -2.21. The number of aliphatic hydroxyl groups is 1. The van der Waals surface area contributed by atoms with E-state index in [4.69, 9.17) is 0 Å². The number of amides is 3. The summed E-state index contributed by atoms with van der Waals surface area (Å²) in [6.07, 6.45) is 0.419. The standard InChI is InChI=1S/C12H21N5O3.HI/c1-2-13-11(16-5-3-9(18)8-16)14-4-6-17-10(19)7-15-12(17)20;/h9,18H,2-8H2,1H3,(H,13,14)(H,15,20);1H/t9-;/m1./s1. The monoisotopic (exact) mass is 411 g/mol. The van der Waals surface area contributed by atoms with Crippen LogP contribution in [0.5, 0.6) is 0 Å². The van der Waals surface area contributed by atoms with Gasteiger partial charge in [-0.05, 0) is 13.3 Å². The van der Waals surface area contributed by atoms with E-state index < -0.39 is 0 Å². The molecule has 9 heteroatoms. The molecule has 3 N–H and O–H groups in total. The molecule has 0 unspecified atom stereocenters. The minimum Gasteiger partial charge on any atom is -0.391 e. The number of hydrogen-bond donors (Lipinski definition) is 3. The molecule has 21 heavy (non-hydrogen) atoms. The number of halogens is 1. The van der Waals surface area contributed by atoms with Gasteiger partial charge in [0.05, 0.1) is 25.7 Å². The van der Waals surface area contributed by atoms with Crippen molar-refractivity contribution in [1.82, 2.24) is 20.4 Å². The van der Waals surface area contributed by atoms with E-state index in [0.717, 1.165) is 25.5 Å². The van der Waals surface area contributed by atoms with E-state index in [2.05, 4.69) is 15.6 Å². The number of carbonyl (C=O) groups is 2. The van der Waals surface area contributed by atoms with Crippen molar-refractivity contribution in [3.05, 3.63) is 0 Å². The molecule has 8 nitrogen and oxygen atoms in total. The molecule has 2 saturated heterocycles. The van der Waals surface area contributed by atoms with Gasteiger partial charge in [0.15, 0.2) is 5.96 Å². The summed E-state index contributed by atoms with van der Waals surface area (Å²) in [6.45, 7) is 4.73. The van der Waals surface area contributed by atoms with Crippen LogP contribution in [0.25, 0.3) is 0 Å². The molecule has 2 heterocycles. The average Bonchev–Trinajstić information content (AvgIpc) is 2.97. The van der Waals surface area contributed by atoms with Crippen LogP contribution in [0.15, 0.2) is 4.99 Å². The lowest BCUT2D eigenvalue weighted by atomic mass is 10.3. The highest BCUT2D eigenvalue weighted by Crippen LogP contribution is 2.08. The average molecular weight is 411 g/mol. The van der Waals surface area contributed by atoms with E-state index in [1.165, 1.54) is 4.90 Å².